The van der Waals surface area contributed by atoms with Gasteiger partial charge in [-0.25, -0.2) is 4.39 Å². The first-order chi connectivity index (χ1) is 14.6. The van der Waals surface area contributed by atoms with E-state index >= 15 is 0 Å². The molecule has 160 valence electrons. The van der Waals surface area contributed by atoms with Crippen molar-refractivity contribution in [3.8, 4) is 0 Å². The van der Waals surface area contributed by atoms with E-state index in [1.165, 1.54) is 6.20 Å². The van der Waals surface area contributed by atoms with Gasteiger partial charge >= 0.3 is 0 Å². The summed E-state index contributed by atoms with van der Waals surface area (Å²) >= 11 is 0. The minimum absolute atomic E-state index is 0.162. The van der Waals surface area contributed by atoms with Gasteiger partial charge in [0, 0.05) is 11.1 Å². The third-order valence-electron chi connectivity index (χ3n) is 5.23. The first kappa shape index (κ1) is 21.3. The van der Waals surface area contributed by atoms with Crippen LogP contribution in [0.4, 0.5) is 15.8 Å². The van der Waals surface area contributed by atoms with Gasteiger partial charge in [0.1, 0.15) is 5.82 Å². The second-order valence-corrected chi connectivity index (χ2v) is 15.5. The maximum atomic E-state index is 14.8. The number of nitrogens with zero attached hydrogens (tertiary/aromatic N) is 2. The summed E-state index contributed by atoms with van der Waals surface area (Å²) in [5.74, 6) is -0.336. The molecule has 0 bridgehead atoms. The minimum atomic E-state index is -3.85. The van der Waals surface area contributed by atoms with E-state index in [1.807, 2.05) is 13.0 Å². The number of anilines is 2. The number of halogens is 1. The van der Waals surface area contributed by atoms with Gasteiger partial charge in [0.2, 0.25) is 0 Å². The second kappa shape index (κ2) is 7.62. The van der Waals surface area contributed by atoms with Crippen molar-refractivity contribution in [3.05, 3.63) is 78.2 Å². The molecule has 8 heteroatoms. The maximum Gasteiger partial charge on any atom is 0.283 e. The Kier molecular flexibility index (Phi) is 5.23. The van der Waals surface area contributed by atoms with Crippen molar-refractivity contribution in [1.29, 1.82) is 0 Å². The fraction of sp³-hybridized carbons (Fsp3) is 0.174. The van der Waals surface area contributed by atoms with Crippen molar-refractivity contribution in [2.45, 2.75) is 31.5 Å². The number of hydrogen-bond acceptors (Lipinski definition) is 4. The highest BCUT2D eigenvalue weighted by molar-refractivity contribution is 7.90. The van der Waals surface area contributed by atoms with Crippen LogP contribution in [-0.4, -0.2) is 25.7 Å². The molecule has 1 N–H and O–H groups in total. The Morgan fingerprint density at radius 2 is 1.68 bits per heavy atom. The highest BCUT2D eigenvalue weighted by atomic mass is 32.2. The SMILES string of the molecule is Cc1ccc(S(=O)(=O)n2ncc3c(Nc4ccc([Si](C)(C)C)cc4F)cccc32)cc1. The highest BCUT2D eigenvalue weighted by Crippen LogP contribution is 2.29. The number of hydrogen-bond donors (Lipinski definition) is 1. The first-order valence-electron chi connectivity index (χ1n) is 9.93. The fourth-order valence-corrected chi connectivity index (χ4v) is 5.78. The molecule has 4 aromatic rings. The molecule has 5 nitrogen and oxygen atoms in total. The lowest BCUT2D eigenvalue weighted by Crippen LogP contribution is -2.37. The average Bonchev–Trinajstić information content (AvgIpc) is 3.15. The number of benzene rings is 3. The second-order valence-electron chi connectivity index (χ2n) is 8.61. The van der Waals surface area contributed by atoms with Crippen LogP contribution >= 0.6 is 0 Å². The van der Waals surface area contributed by atoms with Crippen molar-refractivity contribution in [1.82, 2.24) is 9.19 Å². The quantitative estimate of drug-likeness (QED) is 0.432. The van der Waals surface area contributed by atoms with E-state index < -0.39 is 18.1 Å². The van der Waals surface area contributed by atoms with Crippen LogP contribution in [-0.2, 0) is 10.0 Å². The molecule has 0 saturated heterocycles. The van der Waals surface area contributed by atoms with Crippen LogP contribution in [0.25, 0.3) is 10.9 Å². The molecule has 1 aromatic heterocycles. The molecule has 0 fully saturated rings. The summed E-state index contributed by atoms with van der Waals surface area (Å²) < 4.78 is 42.0. The summed E-state index contributed by atoms with van der Waals surface area (Å²) in [7, 11) is -5.48. The Bertz CT molecular complexity index is 1370. The van der Waals surface area contributed by atoms with Gasteiger partial charge in [-0.05, 0) is 43.3 Å². The van der Waals surface area contributed by atoms with Crippen molar-refractivity contribution in [2.75, 3.05) is 5.32 Å². The molecular formula is C23H24FN3O2SSi. The van der Waals surface area contributed by atoms with E-state index in [0.717, 1.165) is 14.8 Å². The third kappa shape index (κ3) is 4.00. The lowest BCUT2D eigenvalue weighted by Gasteiger charge is -2.18. The van der Waals surface area contributed by atoms with E-state index in [0.29, 0.717) is 22.3 Å². The number of nitrogens with one attached hydrogen (secondary N) is 1. The summed E-state index contributed by atoms with van der Waals surface area (Å²) in [6, 6.07) is 17.1. The molecule has 3 aromatic carbocycles. The third-order valence-corrected chi connectivity index (χ3v) is 8.89. The van der Waals surface area contributed by atoms with Crippen LogP contribution in [0.3, 0.4) is 0 Å². The molecule has 1 heterocycles. The first-order valence-corrected chi connectivity index (χ1v) is 14.9. The highest BCUT2D eigenvalue weighted by Gasteiger charge is 2.22. The lowest BCUT2D eigenvalue weighted by atomic mass is 10.2. The van der Waals surface area contributed by atoms with Crippen molar-refractivity contribution >= 4 is 45.6 Å². The number of rotatable bonds is 5. The van der Waals surface area contributed by atoms with Gasteiger partial charge in [-0.3, -0.25) is 0 Å². The van der Waals surface area contributed by atoms with E-state index in [2.05, 4.69) is 30.1 Å². The largest absolute Gasteiger partial charge is 0.353 e. The van der Waals surface area contributed by atoms with Gasteiger partial charge in [0.05, 0.1) is 30.4 Å². The lowest BCUT2D eigenvalue weighted by molar-refractivity contribution is 0.582. The molecule has 0 radical (unpaired) electrons. The van der Waals surface area contributed by atoms with E-state index in [4.69, 9.17) is 0 Å². The average molecular weight is 454 g/mol. The van der Waals surface area contributed by atoms with Crippen LogP contribution in [0.1, 0.15) is 5.56 Å². The number of fused-ring (bicyclic) bond motifs is 1. The van der Waals surface area contributed by atoms with Gasteiger partial charge in [-0.1, -0.05) is 54.7 Å². The zero-order chi connectivity index (χ0) is 22.4. The van der Waals surface area contributed by atoms with Crippen LogP contribution in [0.15, 0.2) is 71.8 Å². The zero-order valence-electron chi connectivity index (χ0n) is 17.8. The van der Waals surface area contributed by atoms with Crippen molar-refractivity contribution in [3.63, 3.8) is 0 Å². The van der Waals surface area contributed by atoms with E-state index in [1.54, 1.807) is 54.6 Å². The van der Waals surface area contributed by atoms with Gasteiger partial charge in [0.25, 0.3) is 10.0 Å². The summed E-state index contributed by atoms with van der Waals surface area (Å²) in [6.45, 7) is 8.39. The van der Waals surface area contributed by atoms with Crippen LogP contribution in [0, 0.1) is 12.7 Å². The topological polar surface area (TPSA) is 64.0 Å². The summed E-state index contributed by atoms with van der Waals surface area (Å²) in [6.07, 6.45) is 1.48. The minimum Gasteiger partial charge on any atom is -0.353 e. The maximum absolute atomic E-state index is 14.8. The van der Waals surface area contributed by atoms with Crippen LogP contribution in [0.5, 0.6) is 0 Å². The molecule has 31 heavy (non-hydrogen) atoms. The molecule has 0 unspecified atom stereocenters. The molecule has 0 aliphatic carbocycles. The Labute approximate surface area is 182 Å². The van der Waals surface area contributed by atoms with Crippen LogP contribution in [0.2, 0.25) is 19.6 Å². The predicted octanol–water partition coefficient (Wildman–Crippen LogP) is 5.01. The molecule has 0 amide bonds. The smallest absolute Gasteiger partial charge is 0.283 e. The number of aryl methyl sites for hydroxylation is 1. The van der Waals surface area contributed by atoms with Crippen LogP contribution < -0.4 is 10.5 Å². The van der Waals surface area contributed by atoms with Gasteiger partial charge in [-0.2, -0.15) is 17.6 Å². The van der Waals surface area contributed by atoms with Crippen molar-refractivity contribution in [2.24, 2.45) is 0 Å². The summed E-state index contributed by atoms with van der Waals surface area (Å²) in [4.78, 5) is 0.162. The standard InChI is InChI=1S/C23H24FN3O2SSi/c1-16-8-10-17(11-9-16)30(28,29)27-23-7-5-6-21(19(23)15-25-27)26-22-13-12-18(14-20(22)24)31(2,3)4/h5-15,26H,1-4H3. The monoisotopic (exact) mass is 453 g/mol. The summed E-state index contributed by atoms with van der Waals surface area (Å²) in [5.41, 5.74) is 2.31. The molecule has 0 atom stereocenters. The Balaban J connectivity index is 1.74. The Hall–Kier alpha value is -2.97. The molecule has 4 rings (SSSR count). The molecule has 0 saturated carbocycles. The van der Waals surface area contributed by atoms with Gasteiger partial charge in [0.15, 0.2) is 0 Å². The number of aromatic nitrogens is 2. The van der Waals surface area contributed by atoms with E-state index in [-0.39, 0.29) is 10.7 Å². The Morgan fingerprint density at radius 3 is 2.32 bits per heavy atom. The normalized spacial score (nSPS) is 12.3. The van der Waals surface area contributed by atoms with Crippen molar-refractivity contribution < 1.29 is 12.8 Å². The molecular weight excluding hydrogens is 429 g/mol. The van der Waals surface area contributed by atoms with Gasteiger partial charge in [-0.15, -0.1) is 0 Å². The van der Waals surface area contributed by atoms with E-state index in [9.17, 15) is 12.8 Å². The predicted molar refractivity (Wildman–Crippen MR) is 126 cm³/mol. The zero-order valence-corrected chi connectivity index (χ0v) is 19.7. The molecule has 0 aliphatic heterocycles. The fourth-order valence-electron chi connectivity index (χ4n) is 3.37. The summed E-state index contributed by atoms with van der Waals surface area (Å²) in [5, 5.41) is 8.86. The Morgan fingerprint density at radius 1 is 0.968 bits per heavy atom. The molecule has 0 spiro atoms. The van der Waals surface area contributed by atoms with Gasteiger partial charge < -0.3 is 5.32 Å². The molecule has 0 aliphatic rings.